The van der Waals surface area contributed by atoms with E-state index in [1.807, 2.05) is 52.0 Å². The third kappa shape index (κ3) is 2.43. The zero-order chi connectivity index (χ0) is 13.6. The number of benzene rings is 1. The Morgan fingerprint density at radius 3 is 2.22 bits per heavy atom. The Balaban J connectivity index is 2.20. The summed E-state index contributed by atoms with van der Waals surface area (Å²) in [5.74, 6) is -0.343. The van der Waals surface area contributed by atoms with Gasteiger partial charge in [0.25, 0.3) is 0 Å². The van der Waals surface area contributed by atoms with Gasteiger partial charge in [0, 0.05) is 5.02 Å². The van der Waals surface area contributed by atoms with Crippen molar-refractivity contribution in [3.8, 4) is 0 Å². The summed E-state index contributed by atoms with van der Waals surface area (Å²) in [7, 11) is -0.450. The minimum atomic E-state index is -0.450. The second kappa shape index (κ2) is 4.53. The molecule has 0 unspecified atom stereocenters. The third-order valence-electron chi connectivity index (χ3n) is 3.80. The van der Waals surface area contributed by atoms with E-state index in [1.54, 1.807) is 0 Å². The molecule has 1 aliphatic rings. The molecule has 0 bridgehead atoms. The van der Waals surface area contributed by atoms with Crippen LogP contribution in [0, 0.1) is 0 Å². The van der Waals surface area contributed by atoms with Crippen LogP contribution in [0.2, 0.25) is 5.02 Å². The van der Waals surface area contributed by atoms with Crippen LogP contribution in [-0.2, 0) is 9.31 Å². The molecule has 0 radical (unpaired) electrons. The second-order valence-electron chi connectivity index (χ2n) is 5.71. The number of halogens is 1. The highest BCUT2D eigenvalue weighted by Gasteiger charge is 2.53. The van der Waals surface area contributed by atoms with Crippen LogP contribution in [0.4, 0.5) is 0 Å². The molecule has 1 fully saturated rings. The van der Waals surface area contributed by atoms with Crippen molar-refractivity contribution in [1.82, 2.24) is 0 Å². The van der Waals surface area contributed by atoms with Gasteiger partial charge in [-0.1, -0.05) is 23.7 Å². The maximum Gasteiger partial charge on any atom is 0.480 e. The topological polar surface area (TPSA) is 44.5 Å². The molecule has 0 spiro atoms. The highest BCUT2D eigenvalue weighted by molar-refractivity contribution is 6.47. The Morgan fingerprint density at radius 1 is 1.17 bits per heavy atom. The van der Waals surface area contributed by atoms with Gasteiger partial charge in [-0.25, -0.2) is 0 Å². The number of hydrogen-bond acceptors (Lipinski definition) is 3. The van der Waals surface area contributed by atoms with E-state index in [1.165, 1.54) is 0 Å². The molecule has 2 rings (SSSR count). The molecule has 1 aliphatic heterocycles. The fourth-order valence-electron chi connectivity index (χ4n) is 1.91. The van der Waals surface area contributed by atoms with Gasteiger partial charge < -0.3 is 15.0 Å². The fourth-order valence-corrected chi connectivity index (χ4v) is 2.11. The maximum atomic E-state index is 6.20. The van der Waals surface area contributed by atoms with Gasteiger partial charge in [0.05, 0.1) is 17.1 Å². The molecule has 18 heavy (non-hydrogen) atoms. The summed E-state index contributed by atoms with van der Waals surface area (Å²) < 4.78 is 11.9. The van der Waals surface area contributed by atoms with Crippen molar-refractivity contribution in [3.63, 3.8) is 0 Å². The summed E-state index contributed by atoms with van der Waals surface area (Å²) in [5, 5.41) is 0.666. The Kier molecular flexibility index (Phi) is 3.49. The van der Waals surface area contributed by atoms with Gasteiger partial charge in [0.2, 0.25) is 0 Å². The Hall–Kier alpha value is -0.545. The minimum absolute atomic E-state index is 0.343. The molecule has 3 nitrogen and oxygen atoms in total. The lowest BCUT2D eigenvalue weighted by atomic mass is 9.75. The van der Waals surface area contributed by atoms with Crippen molar-refractivity contribution < 1.29 is 9.31 Å². The summed E-state index contributed by atoms with van der Waals surface area (Å²) in [6.07, 6.45) is 0. The number of rotatable bonds is 2. The predicted molar refractivity (Wildman–Crippen MR) is 74.5 cm³/mol. The Morgan fingerprint density at radius 2 is 1.72 bits per heavy atom. The van der Waals surface area contributed by atoms with Gasteiger partial charge in [0.1, 0.15) is 0 Å². The van der Waals surface area contributed by atoms with E-state index in [0.717, 1.165) is 5.56 Å². The van der Waals surface area contributed by atoms with E-state index >= 15 is 0 Å². The van der Waals surface area contributed by atoms with E-state index in [9.17, 15) is 0 Å². The van der Waals surface area contributed by atoms with Crippen molar-refractivity contribution in [2.75, 3.05) is 0 Å². The quantitative estimate of drug-likeness (QED) is 0.838. The highest BCUT2D eigenvalue weighted by Crippen LogP contribution is 2.39. The van der Waals surface area contributed by atoms with Crippen LogP contribution in [0.5, 0.6) is 0 Å². The van der Waals surface area contributed by atoms with Crippen LogP contribution in [0.3, 0.4) is 0 Å². The average Bonchev–Trinajstić information content (AvgIpc) is 2.47. The van der Waals surface area contributed by atoms with Gasteiger partial charge in [-0.3, -0.25) is 0 Å². The largest absolute Gasteiger partial charge is 0.480 e. The average molecular weight is 268 g/mol. The van der Waals surface area contributed by atoms with E-state index in [0.29, 0.717) is 5.02 Å². The monoisotopic (exact) mass is 267 g/mol. The molecular weight excluding hydrogens is 248 g/mol. The molecule has 2 N–H and O–H groups in total. The maximum absolute atomic E-state index is 6.20. The minimum Gasteiger partial charge on any atom is -0.402 e. The normalized spacial score (nSPS) is 23.1. The van der Waals surface area contributed by atoms with Crippen molar-refractivity contribution in [3.05, 3.63) is 34.9 Å². The Bertz CT molecular complexity index is 434. The zero-order valence-electron chi connectivity index (χ0n) is 11.2. The first kappa shape index (κ1) is 13.9. The summed E-state index contributed by atoms with van der Waals surface area (Å²) in [6, 6.07) is 7.48. The van der Waals surface area contributed by atoms with Gasteiger partial charge in [-0.2, -0.15) is 0 Å². The number of nitrogens with two attached hydrogens (primary N) is 1. The SMILES string of the molecule is CC1(C)OB([C@@H](N)c2cccc(Cl)c2)OC1(C)C. The zero-order valence-corrected chi connectivity index (χ0v) is 12.0. The van der Waals surface area contributed by atoms with Gasteiger partial charge >= 0.3 is 7.12 Å². The van der Waals surface area contributed by atoms with Gasteiger partial charge in [-0.15, -0.1) is 0 Å². The van der Waals surface area contributed by atoms with E-state index in [-0.39, 0.29) is 17.1 Å². The molecule has 1 aromatic carbocycles. The smallest absolute Gasteiger partial charge is 0.402 e. The van der Waals surface area contributed by atoms with Crippen molar-refractivity contribution in [2.45, 2.75) is 44.8 Å². The summed E-state index contributed by atoms with van der Waals surface area (Å²) in [4.78, 5) is 0. The molecule has 0 saturated carbocycles. The highest BCUT2D eigenvalue weighted by atomic mass is 35.5. The van der Waals surface area contributed by atoms with Crippen molar-refractivity contribution in [1.29, 1.82) is 0 Å². The lowest BCUT2D eigenvalue weighted by Crippen LogP contribution is -2.41. The summed E-state index contributed by atoms with van der Waals surface area (Å²) >= 11 is 5.97. The van der Waals surface area contributed by atoms with Crippen LogP contribution >= 0.6 is 11.6 Å². The lowest BCUT2D eigenvalue weighted by molar-refractivity contribution is 0.00578. The van der Waals surface area contributed by atoms with Crippen LogP contribution in [0.1, 0.15) is 39.2 Å². The molecule has 5 heteroatoms. The van der Waals surface area contributed by atoms with E-state index in [4.69, 9.17) is 26.6 Å². The lowest BCUT2D eigenvalue weighted by Gasteiger charge is -2.32. The summed E-state index contributed by atoms with van der Waals surface area (Å²) in [5.41, 5.74) is 6.39. The van der Waals surface area contributed by atoms with Gasteiger partial charge in [0.15, 0.2) is 0 Å². The predicted octanol–water partition coefficient (Wildman–Crippen LogP) is 2.97. The first-order valence-electron chi connectivity index (χ1n) is 6.10. The van der Waals surface area contributed by atoms with Crippen LogP contribution < -0.4 is 5.73 Å². The second-order valence-corrected chi connectivity index (χ2v) is 6.14. The fraction of sp³-hybridized carbons (Fsp3) is 0.538. The van der Waals surface area contributed by atoms with Crippen molar-refractivity contribution >= 4 is 18.7 Å². The molecule has 1 heterocycles. The molecule has 1 atom stereocenters. The Labute approximate surface area is 114 Å². The third-order valence-corrected chi connectivity index (χ3v) is 4.03. The molecule has 0 amide bonds. The molecular formula is C13H19BClNO2. The van der Waals surface area contributed by atoms with Crippen LogP contribution in [-0.4, -0.2) is 18.3 Å². The van der Waals surface area contributed by atoms with E-state index < -0.39 is 7.12 Å². The first-order chi connectivity index (χ1) is 8.23. The molecule has 1 aromatic rings. The standard InChI is InChI=1S/C13H19BClNO2/c1-12(2)13(3,4)18-14(17-12)11(16)9-6-5-7-10(15)8-9/h5-8,11H,16H2,1-4H3/t11-/m0/s1. The molecule has 0 aromatic heterocycles. The number of hydrogen-bond donors (Lipinski definition) is 1. The summed E-state index contributed by atoms with van der Waals surface area (Å²) in [6.45, 7) is 8.05. The van der Waals surface area contributed by atoms with Crippen LogP contribution in [0.25, 0.3) is 0 Å². The molecule has 98 valence electrons. The van der Waals surface area contributed by atoms with Gasteiger partial charge in [-0.05, 0) is 45.4 Å². The van der Waals surface area contributed by atoms with Crippen molar-refractivity contribution in [2.24, 2.45) is 5.73 Å². The van der Waals surface area contributed by atoms with Crippen LogP contribution in [0.15, 0.2) is 24.3 Å². The molecule has 0 aliphatic carbocycles. The van der Waals surface area contributed by atoms with E-state index in [2.05, 4.69) is 0 Å². The molecule has 1 saturated heterocycles. The first-order valence-corrected chi connectivity index (χ1v) is 6.47.